The molecule has 0 aromatic heterocycles. The highest BCUT2D eigenvalue weighted by Crippen LogP contribution is 2.34. The highest BCUT2D eigenvalue weighted by Gasteiger charge is 2.33. The van der Waals surface area contributed by atoms with Crippen LogP contribution in [-0.2, 0) is 4.79 Å². The van der Waals surface area contributed by atoms with Crippen LogP contribution in [0.4, 0.5) is 0 Å². The summed E-state index contributed by atoms with van der Waals surface area (Å²) >= 11 is 0. The van der Waals surface area contributed by atoms with Crippen LogP contribution in [0.2, 0.25) is 0 Å². The van der Waals surface area contributed by atoms with Crippen LogP contribution in [-0.4, -0.2) is 12.5 Å². The molecule has 1 aliphatic carbocycles. The van der Waals surface area contributed by atoms with E-state index in [1.807, 2.05) is 24.3 Å². The monoisotopic (exact) mass is 203 g/mol. The SMILES string of the molecule is O=C(NC1COc2ccccc21)C1CC1. The Morgan fingerprint density at radius 3 is 2.93 bits per heavy atom. The van der Waals surface area contributed by atoms with Gasteiger partial charge in [0.05, 0.1) is 6.04 Å². The zero-order valence-electron chi connectivity index (χ0n) is 8.40. The molecule has 2 aliphatic rings. The van der Waals surface area contributed by atoms with E-state index in [9.17, 15) is 4.79 Å². The molecule has 1 saturated carbocycles. The van der Waals surface area contributed by atoms with Gasteiger partial charge in [-0.2, -0.15) is 0 Å². The predicted molar refractivity (Wildman–Crippen MR) is 55.5 cm³/mol. The highest BCUT2D eigenvalue weighted by molar-refractivity contribution is 5.81. The lowest BCUT2D eigenvalue weighted by atomic mass is 10.1. The molecule has 1 aliphatic heterocycles. The van der Waals surface area contributed by atoms with Crippen molar-refractivity contribution in [2.24, 2.45) is 5.92 Å². The normalized spacial score (nSPS) is 23.1. The average molecular weight is 203 g/mol. The molecule has 0 radical (unpaired) electrons. The Balaban J connectivity index is 1.75. The van der Waals surface area contributed by atoms with Crippen LogP contribution in [0.25, 0.3) is 0 Å². The number of benzene rings is 1. The topological polar surface area (TPSA) is 38.3 Å². The van der Waals surface area contributed by atoms with E-state index >= 15 is 0 Å². The lowest BCUT2D eigenvalue weighted by Gasteiger charge is -2.10. The first-order valence-corrected chi connectivity index (χ1v) is 5.37. The van der Waals surface area contributed by atoms with E-state index in [1.54, 1.807) is 0 Å². The number of fused-ring (bicyclic) bond motifs is 1. The third kappa shape index (κ3) is 1.58. The molecule has 1 fully saturated rings. The van der Waals surface area contributed by atoms with Gasteiger partial charge in [-0.25, -0.2) is 0 Å². The van der Waals surface area contributed by atoms with Gasteiger partial charge in [0.25, 0.3) is 0 Å². The van der Waals surface area contributed by atoms with Gasteiger partial charge in [0.15, 0.2) is 0 Å². The first-order chi connectivity index (χ1) is 7.34. The van der Waals surface area contributed by atoms with E-state index in [0.29, 0.717) is 6.61 Å². The van der Waals surface area contributed by atoms with Crippen LogP contribution in [0, 0.1) is 5.92 Å². The fraction of sp³-hybridized carbons (Fsp3) is 0.417. The molecule has 0 saturated heterocycles. The Labute approximate surface area is 88.4 Å². The first-order valence-electron chi connectivity index (χ1n) is 5.37. The number of para-hydroxylation sites is 1. The average Bonchev–Trinajstić information content (AvgIpc) is 3.03. The lowest BCUT2D eigenvalue weighted by Crippen LogP contribution is -2.30. The second kappa shape index (κ2) is 3.26. The highest BCUT2D eigenvalue weighted by atomic mass is 16.5. The summed E-state index contributed by atoms with van der Waals surface area (Å²) in [5.41, 5.74) is 1.10. The zero-order valence-corrected chi connectivity index (χ0v) is 8.40. The number of rotatable bonds is 2. The molecule has 0 bridgehead atoms. The molecule has 3 rings (SSSR count). The Morgan fingerprint density at radius 1 is 1.33 bits per heavy atom. The molecule has 1 heterocycles. The number of ether oxygens (including phenoxy) is 1. The molecule has 1 amide bonds. The van der Waals surface area contributed by atoms with Gasteiger partial charge >= 0.3 is 0 Å². The second-order valence-electron chi connectivity index (χ2n) is 4.18. The van der Waals surface area contributed by atoms with Crippen molar-refractivity contribution in [3.8, 4) is 5.75 Å². The molecule has 1 unspecified atom stereocenters. The summed E-state index contributed by atoms with van der Waals surface area (Å²) in [4.78, 5) is 11.6. The molecule has 1 N–H and O–H groups in total. The van der Waals surface area contributed by atoms with Crippen LogP contribution in [0.5, 0.6) is 5.75 Å². The third-order valence-corrected chi connectivity index (χ3v) is 2.96. The van der Waals surface area contributed by atoms with Crippen molar-refractivity contribution in [2.75, 3.05) is 6.61 Å². The predicted octanol–water partition coefficient (Wildman–Crippen LogP) is 1.65. The van der Waals surface area contributed by atoms with Crippen molar-refractivity contribution in [1.82, 2.24) is 5.32 Å². The van der Waals surface area contributed by atoms with E-state index in [1.165, 1.54) is 0 Å². The van der Waals surface area contributed by atoms with Gasteiger partial charge < -0.3 is 10.1 Å². The number of carbonyl (C=O) groups excluding carboxylic acids is 1. The fourth-order valence-electron chi connectivity index (χ4n) is 1.92. The van der Waals surface area contributed by atoms with Gasteiger partial charge in [-0.05, 0) is 18.9 Å². The van der Waals surface area contributed by atoms with E-state index in [0.717, 1.165) is 24.2 Å². The number of hydrogen-bond acceptors (Lipinski definition) is 2. The van der Waals surface area contributed by atoms with E-state index in [-0.39, 0.29) is 17.9 Å². The summed E-state index contributed by atoms with van der Waals surface area (Å²) in [5.74, 6) is 1.34. The summed E-state index contributed by atoms with van der Waals surface area (Å²) in [5, 5.41) is 3.03. The molecule has 1 aromatic rings. The van der Waals surface area contributed by atoms with Gasteiger partial charge in [-0.3, -0.25) is 4.79 Å². The number of carbonyl (C=O) groups is 1. The van der Waals surface area contributed by atoms with Crippen LogP contribution in [0.15, 0.2) is 24.3 Å². The van der Waals surface area contributed by atoms with Crippen LogP contribution < -0.4 is 10.1 Å². The minimum atomic E-state index is 0.0503. The Hall–Kier alpha value is -1.51. The maximum atomic E-state index is 11.6. The molecular formula is C12H13NO2. The van der Waals surface area contributed by atoms with Gasteiger partial charge in [-0.1, -0.05) is 18.2 Å². The Kier molecular flexibility index (Phi) is 1.91. The Bertz CT molecular complexity index is 398. The van der Waals surface area contributed by atoms with Crippen molar-refractivity contribution in [3.63, 3.8) is 0 Å². The van der Waals surface area contributed by atoms with Crippen molar-refractivity contribution < 1.29 is 9.53 Å². The van der Waals surface area contributed by atoms with Gasteiger partial charge in [0, 0.05) is 11.5 Å². The maximum absolute atomic E-state index is 11.6. The minimum Gasteiger partial charge on any atom is -0.491 e. The number of amides is 1. The minimum absolute atomic E-state index is 0.0503. The Morgan fingerprint density at radius 2 is 2.13 bits per heavy atom. The smallest absolute Gasteiger partial charge is 0.223 e. The largest absolute Gasteiger partial charge is 0.491 e. The third-order valence-electron chi connectivity index (χ3n) is 2.96. The van der Waals surface area contributed by atoms with Gasteiger partial charge in [0.2, 0.25) is 5.91 Å². The number of hydrogen-bond donors (Lipinski definition) is 1. The summed E-state index contributed by atoms with van der Waals surface area (Å²) in [7, 11) is 0. The van der Waals surface area contributed by atoms with Crippen LogP contribution in [0.1, 0.15) is 24.4 Å². The second-order valence-corrected chi connectivity index (χ2v) is 4.18. The summed E-state index contributed by atoms with van der Waals surface area (Å²) in [6, 6.07) is 7.93. The van der Waals surface area contributed by atoms with Crippen LogP contribution >= 0.6 is 0 Å². The van der Waals surface area contributed by atoms with Crippen molar-refractivity contribution in [2.45, 2.75) is 18.9 Å². The van der Waals surface area contributed by atoms with Crippen molar-refractivity contribution >= 4 is 5.91 Å². The summed E-state index contributed by atoms with van der Waals surface area (Å²) < 4.78 is 5.50. The van der Waals surface area contributed by atoms with Crippen molar-refractivity contribution in [1.29, 1.82) is 0 Å². The number of nitrogens with one attached hydrogen (secondary N) is 1. The van der Waals surface area contributed by atoms with E-state index in [2.05, 4.69) is 5.32 Å². The van der Waals surface area contributed by atoms with Gasteiger partial charge in [0.1, 0.15) is 12.4 Å². The molecule has 3 heteroatoms. The van der Waals surface area contributed by atoms with E-state index < -0.39 is 0 Å². The first kappa shape index (κ1) is 8.77. The van der Waals surface area contributed by atoms with Crippen molar-refractivity contribution in [3.05, 3.63) is 29.8 Å². The van der Waals surface area contributed by atoms with Crippen LogP contribution in [0.3, 0.4) is 0 Å². The van der Waals surface area contributed by atoms with E-state index in [4.69, 9.17) is 4.74 Å². The fourth-order valence-corrected chi connectivity index (χ4v) is 1.92. The molecular weight excluding hydrogens is 190 g/mol. The molecule has 15 heavy (non-hydrogen) atoms. The van der Waals surface area contributed by atoms with Gasteiger partial charge in [-0.15, -0.1) is 0 Å². The maximum Gasteiger partial charge on any atom is 0.223 e. The molecule has 0 spiro atoms. The summed E-state index contributed by atoms with van der Waals surface area (Å²) in [6.45, 7) is 0.567. The molecule has 1 aromatic carbocycles. The molecule has 1 atom stereocenters. The standard InChI is InChI=1S/C12H13NO2/c14-12(8-5-6-8)13-10-7-15-11-4-2-1-3-9(10)11/h1-4,8,10H,5-7H2,(H,13,14). The lowest BCUT2D eigenvalue weighted by molar-refractivity contribution is -0.123. The molecule has 78 valence electrons. The molecule has 3 nitrogen and oxygen atoms in total. The summed E-state index contributed by atoms with van der Waals surface area (Å²) in [6.07, 6.45) is 2.09. The zero-order chi connectivity index (χ0) is 10.3. The quantitative estimate of drug-likeness (QED) is 0.793.